The zero-order chi connectivity index (χ0) is 13.8. The normalized spacial score (nSPS) is 21.6. The van der Waals surface area contributed by atoms with E-state index >= 15 is 0 Å². The van der Waals surface area contributed by atoms with Gasteiger partial charge in [0.25, 0.3) is 0 Å². The van der Waals surface area contributed by atoms with Crippen molar-refractivity contribution >= 4 is 27.7 Å². The fraction of sp³-hybridized carbons (Fsp3) is 0.750. The van der Waals surface area contributed by atoms with E-state index < -0.39 is 0 Å². The largest absolute Gasteiger partial charge is 0.375 e. The molecule has 0 saturated carbocycles. The van der Waals surface area contributed by atoms with Crippen molar-refractivity contribution in [3.63, 3.8) is 0 Å². The van der Waals surface area contributed by atoms with E-state index in [0.717, 1.165) is 41.1 Å². The van der Waals surface area contributed by atoms with E-state index in [4.69, 9.17) is 10.6 Å². The summed E-state index contributed by atoms with van der Waals surface area (Å²) in [6.45, 7) is 2.91. The van der Waals surface area contributed by atoms with Crippen LogP contribution in [-0.4, -0.2) is 40.0 Å². The molecule has 1 fully saturated rings. The maximum Gasteiger partial charge on any atom is 0.0835 e. The van der Waals surface area contributed by atoms with Crippen LogP contribution in [0.1, 0.15) is 18.3 Å². The zero-order valence-corrected chi connectivity index (χ0v) is 13.8. The minimum atomic E-state index is 0.115. The van der Waals surface area contributed by atoms with Crippen LogP contribution in [0, 0.1) is 0 Å². The molecule has 2 heterocycles. The van der Waals surface area contributed by atoms with Crippen LogP contribution < -0.4 is 11.3 Å². The number of hydrogen-bond acceptors (Lipinski definition) is 5. The smallest absolute Gasteiger partial charge is 0.0835 e. The Hall–Kier alpha value is -0.0800. The molecule has 0 aliphatic carbocycles. The minimum absolute atomic E-state index is 0.115. The second kappa shape index (κ2) is 7.08. The highest BCUT2D eigenvalue weighted by atomic mass is 79.9. The van der Waals surface area contributed by atoms with Gasteiger partial charge in [-0.05, 0) is 22.4 Å². The zero-order valence-electron chi connectivity index (χ0n) is 11.4. The van der Waals surface area contributed by atoms with Gasteiger partial charge in [-0.15, -0.1) is 0 Å². The quantitative estimate of drug-likeness (QED) is 0.619. The van der Waals surface area contributed by atoms with Crippen molar-refractivity contribution in [2.45, 2.75) is 31.9 Å². The highest BCUT2D eigenvalue weighted by molar-refractivity contribution is 9.10. The van der Waals surface area contributed by atoms with Gasteiger partial charge in [-0.3, -0.25) is 16.0 Å². The Morgan fingerprint density at radius 2 is 2.47 bits per heavy atom. The lowest BCUT2D eigenvalue weighted by Crippen LogP contribution is -2.49. The SMILES string of the molecule is CCc1nn(C)c(CC(NN)C2CSCCO2)c1Br. The Kier molecular flexibility index (Phi) is 5.70. The van der Waals surface area contributed by atoms with Gasteiger partial charge in [0.05, 0.1) is 34.6 Å². The molecule has 1 aromatic heterocycles. The van der Waals surface area contributed by atoms with Gasteiger partial charge < -0.3 is 4.74 Å². The predicted octanol–water partition coefficient (Wildman–Crippen LogP) is 1.25. The minimum Gasteiger partial charge on any atom is -0.375 e. The van der Waals surface area contributed by atoms with Crippen LogP contribution in [0.4, 0.5) is 0 Å². The molecule has 0 spiro atoms. The number of nitrogens with two attached hydrogens (primary N) is 1. The van der Waals surface area contributed by atoms with Gasteiger partial charge >= 0.3 is 0 Å². The summed E-state index contributed by atoms with van der Waals surface area (Å²) in [7, 11) is 1.98. The summed E-state index contributed by atoms with van der Waals surface area (Å²) in [5, 5.41) is 4.52. The van der Waals surface area contributed by atoms with E-state index in [2.05, 4.69) is 33.4 Å². The first kappa shape index (κ1) is 15.3. The average Bonchev–Trinajstić information content (AvgIpc) is 2.72. The first-order valence-corrected chi connectivity index (χ1v) is 8.47. The third-order valence-electron chi connectivity index (χ3n) is 3.42. The number of hydrazine groups is 1. The summed E-state index contributed by atoms with van der Waals surface area (Å²) in [6.07, 6.45) is 1.90. The molecule has 2 rings (SSSR count). The van der Waals surface area contributed by atoms with E-state index in [1.54, 1.807) is 0 Å². The highest BCUT2D eigenvalue weighted by Gasteiger charge is 2.26. The molecule has 19 heavy (non-hydrogen) atoms. The molecule has 108 valence electrons. The Balaban J connectivity index is 2.11. The van der Waals surface area contributed by atoms with Crippen LogP contribution in [-0.2, 0) is 24.6 Å². The van der Waals surface area contributed by atoms with Crippen LogP contribution in [0.2, 0.25) is 0 Å². The van der Waals surface area contributed by atoms with E-state index in [0.29, 0.717) is 0 Å². The maximum atomic E-state index is 5.81. The molecule has 1 aliphatic rings. The number of halogens is 1. The molecule has 1 aromatic rings. The van der Waals surface area contributed by atoms with Crippen LogP contribution >= 0.6 is 27.7 Å². The standard InChI is InChI=1S/C12H21BrN4OS/c1-3-8-12(13)10(17(2)16-8)6-9(15-14)11-7-19-5-4-18-11/h9,11,15H,3-7,14H2,1-2H3. The summed E-state index contributed by atoms with van der Waals surface area (Å²) in [5.41, 5.74) is 5.16. The van der Waals surface area contributed by atoms with E-state index in [1.807, 2.05) is 23.5 Å². The highest BCUT2D eigenvalue weighted by Crippen LogP contribution is 2.25. The Morgan fingerprint density at radius 3 is 3.00 bits per heavy atom. The maximum absolute atomic E-state index is 5.81. The van der Waals surface area contributed by atoms with Gasteiger partial charge in [-0.1, -0.05) is 6.92 Å². The van der Waals surface area contributed by atoms with Crippen LogP contribution in [0.5, 0.6) is 0 Å². The molecule has 5 nitrogen and oxygen atoms in total. The molecular weight excluding hydrogens is 328 g/mol. The first-order valence-electron chi connectivity index (χ1n) is 6.53. The first-order chi connectivity index (χ1) is 9.17. The lowest BCUT2D eigenvalue weighted by Gasteiger charge is -2.29. The molecule has 2 unspecified atom stereocenters. The third-order valence-corrected chi connectivity index (χ3v) is 5.36. The Labute approximate surface area is 126 Å². The van der Waals surface area contributed by atoms with Gasteiger partial charge in [0, 0.05) is 25.0 Å². The predicted molar refractivity (Wildman–Crippen MR) is 82.2 cm³/mol. The van der Waals surface area contributed by atoms with Crippen LogP contribution in [0.3, 0.4) is 0 Å². The molecule has 7 heteroatoms. The van der Waals surface area contributed by atoms with Crippen LogP contribution in [0.15, 0.2) is 4.47 Å². The summed E-state index contributed by atoms with van der Waals surface area (Å²) >= 11 is 5.57. The van der Waals surface area contributed by atoms with Crippen molar-refractivity contribution in [1.82, 2.24) is 15.2 Å². The van der Waals surface area contributed by atoms with Gasteiger partial charge in [-0.25, -0.2) is 0 Å². The van der Waals surface area contributed by atoms with Crippen molar-refractivity contribution in [2.75, 3.05) is 18.1 Å². The number of nitrogens with zero attached hydrogens (tertiary/aromatic N) is 2. The number of aromatic nitrogens is 2. The van der Waals surface area contributed by atoms with Gasteiger partial charge in [0.2, 0.25) is 0 Å². The molecule has 0 aromatic carbocycles. The van der Waals surface area contributed by atoms with Gasteiger partial charge in [0.1, 0.15) is 0 Å². The van der Waals surface area contributed by atoms with Crippen LogP contribution in [0.25, 0.3) is 0 Å². The van der Waals surface area contributed by atoms with Crippen molar-refractivity contribution in [1.29, 1.82) is 0 Å². The molecule has 1 aliphatic heterocycles. The number of ether oxygens (including phenoxy) is 1. The van der Waals surface area contributed by atoms with E-state index in [-0.39, 0.29) is 12.1 Å². The second-order valence-electron chi connectivity index (χ2n) is 4.65. The van der Waals surface area contributed by atoms with Crippen molar-refractivity contribution in [3.05, 3.63) is 15.9 Å². The molecular formula is C12H21BrN4OS. The fourth-order valence-corrected chi connectivity index (χ4v) is 4.01. The monoisotopic (exact) mass is 348 g/mol. The van der Waals surface area contributed by atoms with Crippen molar-refractivity contribution < 1.29 is 4.74 Å². The lowest BCUT2D eigenvalue weighted by molar-refractivity contribution is 0.0467. The fourth-order valence-electron chi connectivity index (χ4n) is 2.29. The summed E-state index contributed by atoms with van der Waals surface area (Å²) in [5.74, 6) is 7.77. The van der Waals surface area contributed by atoms with E-state index in [9.17, 15) is 0 Å². The molecule has 0 amide bonds. The summed E-state index contributed by atoms with van der Waals surface area (Å²) < 4.78 is 8.84. The third kappa shape index (κ3) is 3.52. The van der Waals surface area contributed by atoms with E-state index in [1.165, 1.54) is 5.69 Å². The number of aryl methyl sites for hydroxylation is 2. The van der Waals surface area contributed by atoms with Gasteiger partial charge in [0.15, 0.2) is 0 Å². The molecule has 2 atom stereocenters. The second-order valence-corrected chi connectivity index (χ2v) is 6.59. The summed E-state index contributed by atoms with van der Waals surface area (Å²) in [4.78, 5) is 0. The average molecular weight is 349 g/mol. The molecule has 1 saturated heterocycles. The molecule has 0 radical (unpaired) electrons. The Morgan fingerprint density at radius 1 is 1.68 bits per heavy atom. The van der Waals surface area contributed by atoms with Gasteiger partial charge in [-0.2, -0.15) is 16.9 Å². The Bertz CT molecular complexity index is 420. The number of thioether (sulfide) groups is 1. The summed E-state index contributed by atoms with van der Waals surface area (Å²) in [6, 6.07) is 0.115. The molecule has 0 bridgehead atoms. The van der Waals surface area contributed by atoms with Crippen molar-refractivity contribution in [2.24, 2.45) is 12.9 Å². The lowest BCUT2D eigenvalue weighted by atomic mass is 10.1. The van der Waals surface area contributed by atoms with Crippen molar-refractivity contribution in [3.8, 4) is 0 Å². The molecule has 3 N–H and O–H groups in total. The topological polar surface area (TPSA) is 65.1 Å². The number of rotatable bonds is 5. The number of hydrogen-bond donors (Lipinski definition) is 2. The number of nitrogens with one attached hydrogen (secondary N) is 1.